The van der Waals surface area contributed by atoms with Crippen LogP contribution < -0.4 is 4.74 Å². The number of aliphatic hydroxyl groups excluding tert-OH is 1. The highest BCUT2D eigenvalue weighted by Crippen LogP contribution is 2.37. The molecule has 1 aromatic carbocycles. The normalized spacial score (nSPS) is 17.9. The van der Waals surface area contributed by atoms with Gasteiger partial charge in [0.25, 0.3) is 0 Å². The quantitative estimate of drug-likeness (QED) is 0.821. The Morgan fingerprint density at radius 3 is 2.65 bits per heavy atom. The van der Waals surface area contributed by atoms with Crippen LogP contribution in [0.15, 0.2) is 18.2 Å². The SMILES string of the molecule is CCC(C)c1cc(C2CCCCC2)ccc1OCCO. The van der Waals surface area contributed by atoms with Gasteiger partial charge in [-0.15, -0.1) is 0 Å². The van der Waals surface area contributed by atoms with Crippen LogP contribution in [0.5, 0.6) is 5.75 Å². The van der Waals surface area contributed by atoms with E-state index in [4.69, 9.17) is 9.84 Å². The van der Waals surface area contributed by atoms with Crippen LogP contribution in [0.1, 0.15) is 75.3 Å². The Bertz CT molecular complexity index is 408. The molecule has 0 spiro atoms. The fraction of sp³-hybridized carbons (Fsp3) is 0.667. The largest absolute Gasteiger partial charge is 0.491 e. The highest BCUT2D eigenvalue weighted by Gasteiger charge is 2.18. The lowest BCUT2D eigenvalue weighted by Crippen LogP contribution is -2.08. The summed E-state index contributed by atoms with van der Waals surface area (Å²) < 4.78 is 5.70. The number of hydrogen-bond acceptors (Lipinski definition) is 2. The predicted octanol–water partition coefficient (Wildman–Crippen LogP) is 4.62. The molecular weight excluding hydrogens is 248 g/mol. The van der Waals surface area contributed by atoms with Crippen LogP contribution in [0.4, 0.5) is 0 Å². The zero-order chi connectivity index (χ0) is 14.4. The van der Waals surface area contributed by atoms with Crippen LogP contribution in [0.3, 0.4) is 0 Å². The van der Waals surface area contributed by atoms with Crippen molar-refractivity contribution in [3.63, 3.8) is 0 Å². The second-order valence-electron chi connectivity index (χ2n) is 6.01. The fourth-order valence-electron chi connectivity index (χ4n) is 3.15. The van der Waals surface area contributed by atoms with Crippen LogP contribution >= 0.6 is 0 Å². The summed E-state index contributed by atoms with van der Waals surface area (Å²) >= 11 is 0. The number of hydrogen-bond donors (Lipinski definition) is 1. The van der Waals surface area contributed by atoms with Gasteiger partial charge >= 0.3 is 0 Å². The summed E-state index contributed by atoms with van der Waals surface area (Å²) in [6.45, 7) is 4.93. The Labute approximate surface area is 123 Å². The molecule has 1 saturated carbocycles. The average Bonchev–Trinajstić information content (AvgIpc) is 2.53. The topological polar surface area (TPSA) is 29.5 Å². The van der Waals surface area contributed by atoms with Gasteiger partial charge in [0, 0.05) is 0 Å². The third-order valence-electron chi connectivity index (χ3n) is 4.60. The van der Waals surface area contributed by atoms with Gasteiger partial charge in [-0.3, -0.25) is 0 Å². The summed E-state index contributed by atoms with van der Waals surface area (Å²) in [5, 5.41) is 8.95. The number of ether oxygens (including phenoxy) is 1. The van der Waals surface area contributed by atoms with Crippen molar-refractivity contribution in [2.75, 3.05) is 13.2 Å². The van der Waals surface area contributed by atoms with Gasteiger partial charge in [0.2, 0.25) is 0 Å². The van der Waals surface area contributed by atoms with Crippen LogP contribution in [0.25, 0.3) is 0 Å². The molecule has 2 rings (SSSR count). The van der Waals surface area contributed by atoms with Crippen molar-refractivity contribution in [1.29, 1.82) is 0 Å². The first-order chi connectivity index (χ1) is 9.76. The van der Waals surface area contributed by atoms with E-state index in [1.165, 1.54) is 43.2 Å². The predicted molar refractivity (Wildman–Crippen MR) is 83.6 cm³/mol. The van der Waals surface area contributed by atoms with Crippen LogP contribution in [0.2, 0.25) is 0 Å². The Hall–Kier alpha value is -1.02. The van der Waals surface area contributed by atoms with Crippen molar-refractivity contribution in [3.05, 3.63) is 29.3 Å². The molecule has 0 saturated heterocycles. The molecule has 1 atom stereocenters. The van der Waals surface area contributed by atoms with E-state index in [9.17, 15) is 0 Å². The van der Waals surface area contributed by atoms with Gasteiger partial charge in [0.05, 0.1) is 6.61 Å². The Kier molecular flexibility index (Phi) is 5.90. The van der Waals surface area contributed by atoms with E-state index >= 15 is 0 Å². The van der Waals surface area contributed by atoms with Crippen molar-refractivity contribution in [3.8, 4) is 5.75 Å². The van der Waals surface area contributed by atoms with Gasteiger partial charge in [-0.2, -0.15) is 0 Å². The lowest BCUT2D eigenvalue weighted by molar-refractivity contribution is 0.199. The summed E-state index contributed by atoms with van der Waals surface area (Å²) in [4.78, 5) is 0. The maximum absolute atomic E-state index is 8.95. The fourth-order valence-corrected chi connectivity index (χ4v) is 3.15. The maximum atomic E-state index is 8.95. The van der Waals surface area contributed by atoms with E-state index in [1.54, 1.807) is 0 Å². The molecule has 1 fully saturated rings. The van der Waals surface area contributed by atoms with Crippen molar-refractivity contribution in [2.24, 2.45) is 0 Å². The molecule has 1 aliphatic carbocycles. The third kappa shape index (κ3) is 3.76. The van der Waals surface area contributed by atoms with Gasteiger partial charge < -0.3 is 9.84 Å². The average molecular weight is 276 g/mol. The highest BCUT2D eigenvalue weighted by atomic mass is 16.5. The Morgan fingerprint density at radius 2 is 2.00 bits per heavy atom. The first-order valence-electron chi connectivity index (χ1n) is 8.13. The van der Waals surface area contributed by atoms with Crippen molar-refractivity contribution < 1.29 is 9.84 Å². The van der Waals surface area contributed by atoms with Gasteiger partial charge in [0.15, 0.2) is 0 Å². The minimum atomic E-state index is 0.0737. The molecule has 2 heteroatoms. The molecular formula is C18H28O2. The van der Waals surface area contributed by atoms with Crippen LogP contribution in [-0.2, 0) is 0 Å². The van der Waals surface area contributed by atoms with E-state index in [0.717, 1.165) is 18.1 Å². The van der Waals surface area contributed by atoms with E-state index in [-0.39, 0.29) is 6.61 Å². The van der Waals surface area contributed by atoms with E-state index in [0.29, 0.717) is 12.5 Å². The summed E-state index contributed by atoms with van der Waals surface area (Å²) in [6.07, 6.45) is 7.90. The summed E-state index contributed by atoms with van der Waals surface area (Å²) in [5.74, 6) is 2.19. The molecule has 0 aromatic heterocycles. The molecule has 1 aliphatic rings. The molecule has 0 amide bonds. The van der Waals surface area contributed by atoms with Gasteiger partial charge in [-0.1, -0.05) is 45.2 Å². The summed E-state index contributed by atoms with van der Waals surface area (Å²) in [6, 6.07) is 6.70. The van der Waals surface area contributed by atoms with Gasteiger partial charge in [0.1, 0.15) is 12.4 Å². The zero-order valence-corrected chi connectivity index (χ0v) is 12.9. The second kappa shape index (κ2) is 7.68. The van der Waals surface area contributed by atoms with Crippen LogP contribution in [-0.4, -0.2) is 18.3 Å². The second-order valence-corrected chi connectivity index (χ2v) is 6.01. The molecule has 0 aliphatic heterocycles. The summed E-state index contributed by atoms with van der Waals surface area (Å²) in [7, 11) is 0. The minimum Gasteiger partial charge on any atom is -0.491 e. The molecule has 0 heterocycles. The Morgan fingerprint density at radius 1 is 1.25 bits per heavy atom. The lowest BCUT2D eigenvalue weighted by Gasteiger charge is -2.24. The standard InChI is InChI=1S/C18H28O2/c1-3-14(2)17-13-16(15-7-5-4-6-8-15)9-10-18(17)20-12-11-19/h9-10,13-15,19H,3-8,11-12H2,1-2H3. The molecule has 0 bridgehead atoms. The minimum absolute atomic E-state index is 0.0737. The molecule has 1 N–H and O–H groups in total. The van der Waals surface area contributed by atoms with Crippen molar-refractivity contribution in [2.45, 2.75) is 64.2 Å². The lowest BCUT2D eigenvalue weighted by atomic mass is 9.82. The van der Waals surface area contributed by atoms with Crippen molar-refractivity contribution in [1.82, 2.24) is 0 Å². The zero-order valence-electron chi connectivity index (χ0n) is 12.9. The van der Waals surface area contributed by atoms with Crippen molar-refractivity contribution >= 4 is 0 Å². The van der Waals surface area contributed by atoms with E-state index < -0.39 is 0 Å². The first-order valence-corrected chi connectivity index (χ1v) is 8.13. The molecule has 112 valence electrons. The van der Waals surface area contributed by atoms with Gasteiger partial charge in [-0.25, -0.2) is 0 Å². The number of benzene rings is 1. The molecule has 1 aromatic rings. The molecule has 1 unspecified atom stereocenters. The third-order valence-corrected chi connectivity index (χ3v) is 4.60. The smallest absolute Gasteiger partial charge is 0.122 e. The summed E-state index contributed by atoms with van der Waals surface area (Å²) in [5.41, 5.74) is 2.79. The molecule has 2 nitrogen and oxygen atoms in total. The maximum Gasteiger partial charge on any atom is 0.122 e. The highest BCUT2D eigenvalue weighted by molar-refractivity contribution is 5.41. The van der Waals surface area contributed by atoms with Gasteiger partial charge in [-0.05, 0) is 48.3 Å². The molecule has 0 radical (unpaired) electrons. The van der Waals surface area contributed by atoms with E-state index in [2.05, 4.69) is 32.0 Å². The number of aliphatic hydroxyl groups is 1. The van der Waals surface area contributed by atoms with E-state index in [1.807, 2.05) is 0 Å². The number of rotatable bonds is 6. The molecule has 20 heavy (non-hydrogen) atoms. The van der Waals surface area contributed by atoms with Crippen LogP contribution in [0, 0.1) is 0 Å². The monoisotopic (exact) mass is 276 g/mol. The first kappa shape index (κ1) is 15.4. The Balaban J connectivity index is 2.22.